The molecule has 0 bridgehead atoms. The first-order valence-corrected chi connectivity index (χ1v) is 15.0. The number of amides is 2. The van der Waals surface area contributed by atoms with Gasteiger partial charge in [-0.1, -0.05) is 31.1 Å². The molecule has 0 unspecified atom stereocenters. The van der Waals surface area contributed by atoms with Crippen LogP contribution in [0.2, 0.25) is 0 Å². The van der Waals surface area contributed by atoms with E-state index in [4.69, 9.17) is 9.47 Å². The van der Waals surface area contributed by atoms with Crippen LogP contribution in [0.1, 0.15) is 65.5 Å². The van der Waals surface area contributed by atoms with Crippen LogP contribution in [-0.2, 0) is 19.6 Å². The highest BCUT2D eigenvalue weighted by Crippen LogP contribution is 2.38. The van der Waals surface area contributed by atoms with E-state index in [1.807, 2.05) is 27.7 Å². The molecule has 1 aliphatic heterocycles. The summed E-state index contributed by atoms with van der Waals surface area (Å²) in [6.07, 6.45) is 2.56. The van der Waals surface area contributed by atoms with Crippen LogP contribution >= 0.6 is 11.3 Å². The molecule has 2 heterocycles. The predicted molar refractivity (Wildman–Crippen MR) is 148 cm³/mol. The molecule has 2 N–H and O–H groups in total. The van der Waals surface area contributed by atoms with E-state index < -0.39 is 27.8 Å². The van der Waals surface area contributed by atoms with Gasteiger partial charge in [0.25, 0.3) is 0 Å². The van der Waals surface area contributed by atoms with Gasteiger partial charge in [0.2, 0.25) is 15.9 Å². The summed E-state index contributed by atoms with van der Waals surface area (Å²) in [4.78, 5) is 29.7. The highest BCUT2D eigenvalue weighted by molar-refractivity contribution is 7.89. The van der Waals surface area contributed by atoms with Gasteiger partial charge in [-0.3, -0.25) is 4.79 Å². The molecule has 10 nitrogen and oxygen atoms in total. The molecule has 1 aliphatic rings. The highest BCUT2D eigenvalue weighted by atomic mass is 32.2. The van der Waals surface area contributed by atoms with E-state index in [2.05, 4.69) is 22.5 Å². The second-order valence-electron chi connectivity index (χ2n) is 10.4. The smallest absolute Gasteiger partial charge is 0.407 e. The number of nitrogens with one attached hydrogen (secondary N) is 2. The molecule has 210 valence electrons. The number of carbonyl (C=O) groups excluding carboxylic acids is 2. The van der Waals surface area contributed by atoms with Gasteiger partial charge in [0.15, 0.2) is 5.13 Å². The Morgan fingerprint density at radius 1 is 1.24 bits per heavy atom. The number of unbranched alkanes of at least 4 members (excludes halogenated alkanes) is 2. The molecule has 3 rings (SSSR count). The lowest BCUT2D eigenvalue weighted by molar-refractivity contribution is -0.116. The number of sulfonamides is 1. The largest absolute Gasteiger partial charge is 0.495 e. The normalized spacial score (nSPS) is 16.3. The molecule has 38 heavy (non-hydrogen) atoms. The van der Waals surface area contributed by atoms with Crippen LogP contribution in [0, 0.1) is 6.92 Å². The lowest BCUT2D eigenvalue weighted by Crippen LogP contribution is -2.42. The van der Waals surface area contributed by atoms with E-state index in [9.17, 15) is 18.0 Å². The molecule has 1 aromatic heterocycles. The molecule has 0 aliphatic carbocycles. The summed E-state index contributed by atoms with van der Waals surface area (Å²) < 4.78 is 39.4. The Labute approximate surface area is 229 Å². The maximum Gasteiger partial charge on any atom is 0.407 e. The van der Waals surface area contributed by atoms with Crippen molar-refractivity contribution < 1.29 is 27.5 Å². The van der Waals surface area contributed by atoms with Crippen LogP contribution in [0.15, 0.2) is 23.1 Å². The number of aryl methyl sites for hydroxylation is 1. The molecule has 0 spiro atoms. The second-order valence-corrected chi connectivity index (χ2v) is 13.3. The number of rotatable bonds is 10. The third-order valence-electron chi connectivity index (χ3n) is 5.95. The number of carbonyl (C=O) groups is 2. The summed E-state index contributed by atoms with van der Waals surface area (Å²) in [7, 11) is -2.52. The van der Waals surface area contributed by atoms with Crippen molar-refractivity contribution in [1.29, 1.82) is 0 Å². The fraction of sp³-hybridized carbons (Fsp3) is 0.577. The minimum absolute atomic E-state index is 0.0234. The number of benzene rings is 1. The zero-order valence-electron chi connectivity index (χ0n) is 22.9. The van der Waals surface area contributed by atoms with Crippen LogP contribution in [-0.4, -0.2) is 61.5 Å². The number of hydrogen-bond acceptors (Lipinski definition) is 8. The Hall–Kier alpha value is -2.70. The topological polar surface area (TPSA) is 127 Å². The summed E-state index contributed by atoms with van der Waals surface area (Å²) in [5, 5.41) is 6.05. The molecule has 2 amide bonds. The van der Waals surface area contributed by atoms with E-state index in [0.717, 1.165) is 24.1 Å². The summed E-state index contributed by atoms with van der Waals surface area (Å²) >= 11 is 1.30. The molecule has 12 heteroatoms. The highest BCUT2D eigenvalue weighted by Gasteiger charge is 2.36. The van der Waals surface area contributed by atoms with Crippen LogP contribution in [0.4, 0.5) is 9.93 Å². The average Bonchev–Trinajstić information content (AvgIpc) is 3.44. The van der Waals surface area contributed by atoms with E-state index in [1.54, 1.807) is 18.2 Å². The van der Waals surface area contributed by atoms with Crippen LogP contribution < -0.4 is 15.4 Å². The van der Waals surface area contributed by atoms with Gasteiger partial charge >= 0.3 is 6.09 Å². The minimum Gasteiger partial charge on any atom is -0.495 e. The molecule has 1 aromatic carbocycles. The van der Waals surface area contributed by atoms with Crippen molar-refractivity contribution in [2.24, 2.45) is 0 Å². The van der Waals surface area contributed by atoms with Gasteiger partial charge in [-0.25, -0.2) is 18.2 Å². The third kappa shape index (κ3) is 7.67. The van der Waals surface area contributed by atoms with Crippen molar-refractivity contribution in [3.63, 3.8) is 0 Å². The number of anilines is 1. The van der Waals surface area contributed by atoms with Gasteiger partial charge in [-0.2, -0.15) is 4.31 Å². The summed E-state index contributed by atoms with van der Waals surface area (Å²) in [5.41, 5.74) is 0.885. The summed E-state index contributed by atoms with van der Waals surface area (Å²) in [6, 6.07) is 4.96. The quantitative estimate of drug-likeness (QED) is 0.390. The Bertz CT molecular complexity index is 1250. The van der Waals surface area contributed by atoms with Gasteiger partial charge in [0.05, 0.1) is 24.2 Å². The Morgan fingerprint density at radius 3 is 2.63 bits per heavy atom. The third-order valence-corrected chi connectivity index (χ3v) is 8.96. The van der Waals surface area contributed by atoms with Crippen molar-refractivity contribution >= 4 is 38.5 Å². The lowest BCUT2D eigenvalue weighted by Gasteiger charge is -2.22. The van der Waals surface area contributed by atoms with Crippen LogP contribution in [0.25, 0.3) is 10.4 Å². The number of alkyl carbamates (subject to hydrolysis) is 1. The van der Waals surface area contributed by atoms with E-state index in [1.165, 1.54) is 22.8 Å². The molecule has 1 atom stereocenters. The maximum absolute atomic E-state index is 13.6. The average molecular weight is 567 g/mol. The summed E-state index contributed by atoms with van der Waals surface area (Å²) in [6.45, 7) is 9.71. The van der Waals surface area contributed by atoms with E-state index >= 15 is 0 Å². The number of hydrogen-bond donors (Lipinski definition) is 2. The maximum atomic E-state index is 13.6. The minimum atomic E-state index is -3.94. The van der Waals surface area contributed by atoms with Gasteiger partial charge in [-0.15, -0.1) is 0 Å². The standard InChI is InChI=1S/C26H38N4O6S2/c1-7-8-9-10-22(31)28-24-27-17(2)23(37-24)18-11-12-20(35-6)21(15-18)38(33,34)30-14-13-19(16-30)36-25(32)29-26(3,4)5/h11-12,15,19H,7-10,13-14,16H2,1-6H3,(H,29,32)(H,27,28,31)/t19-/m0/s1. The first-order chi connectivity index (χ1) is 17.8. The fourth-order valence-electron chi connectivity index (χ4n) is 4.09. The van der Waals surface area contributed by atoms with Crippen molar-refractivity contribution in [2.75, 3.05) is 25.5 Å². The number of nitrogens with zero attached hydrogens (tertiary/aromatic N) is 2. The van der Waals surface area contributed by atoms with Gasteiger partial charge in [-0.05, 0) is 64.3 Å². The van der Waals surface area contributed by atoms with E-state index in [-0.39, 0.29) is 29.6 Å². The molecule has 1 fully saturated rings. The summed E-state index contributed by atoms with van der Waals surface area (Å²) in [5.74, 6) is 0.133. The van der Waals surface area contributed by atoms with E-state index in [0.29, 0.717) is 29.2 Å². The van der Waals surface area contributed by atoms with Crippen LogP contribution in [0.5, 0.6) is 5.75 Å². The first kappa shape index (κ1) is 29.9. The van der Waals surface area contributed by atoms with Crippen molar-refractivity contribution in [3.05, 3.63) is 23.9 Å². The number of ether oxygens (including phenoxy) is 2. The molecular formula is C26H38N4O6S2. The van der Waals surface area contributed by atoms with Gasteiger partial charge < -0.3 is 20.1 Å². The zero-order chi connectivity index (χ0) is 28.1. The second kappa shape index (κ2) is 12.4. The van der Waals surface area contributed by atoms with Gasteiger partial charge in [0.1, 0.15) is 16.7 Å². The molecular weight excluding hydrogens is 528 g/mol. The zero-order valence-corrected chi connectivity index (χ0v) is 24.6. The predicted octanol–water partition coefficient (Wildman–Crippen LogP) is 4.93. The number of thiazole rings is 1. The van der Waals surface area contributed by atoms with Crippen molar-refractivity contribution in [2.45, 2.75) is 83.3 Å². The fourth-order valence-corrected chi connectivity index (χ4v) is 6.74. The SMILES string of the molecule is CCCCCC(=O)Nc1nc(C)c(-c2ccc(OC)c(S(=O)(=O)N3CC[C@H](OC(=O)NC(C)(C)C)C3)c2)s1. The molecule has 1 saturated heterocycles. The van der Waals surface area contributed by atoms with Crippen molar-refractivity contribution in [1.82, 2.24) is 14.6 Å². The first-order valence-electron chi connectivity index (χ1n) is 12.8. The van der Waals surface area contributed by atoms with Gasteiger partial charge in [0, 0.05) is 18.5 Å². The van der Waals surface area contributed by atoms with Crippen LogP contribution in [0.3, 0.4) is 0 Å². The molecule has 2 aromatic rings. The molecule has 0 saturated carbocycles. The monoisotopic (exact) mass is 566 g/mol. The Balaban J connectivity index is 1.79. The van der Waals surface area contributed by atoms with Crippen molar-refractivity contribution in [3.8, 4) is 16.2 Å². The Morgan fingerprint density at radius 2 is 1.97 bits per heavy atom. The number of methoxy groups -OCH3 is 1. The lowest BCUT2D eigenvalue weighted by atomic mass is 10.1. The number of aromatic nitrogens is 1. The molecule has 0 radical (unpaired) electrons. The Kier molecular flexibility index (Phi) is 9.77.